The summed E-state index contributed by atoms with van der Waals surface area (Å²) in [5.41, 5.74) is 1.11. The molecule has 0 aliphatic carbocycles. The van der Waals surface area contributed by atoms with Gasteiger partial charge in [0.1, 0.15) is 17.9 Å². The highest BCUT2D eigenvalue weighted by Crippen LogP contribution is 2.19. The maximum Gasteiger partial charge on any atom is 0.408 e. The highest BCUT2D eigenvalue weighted by Gasteiger charge is 2.16. The molecule has 0 aromatic heterocycles. The molecule has 164 valence electrons. The van der Waals surface area contributed by atoms with Crippen molar-refractivity contribution >= 4 is 35.4 Å². The van der Waals surface area contributed by atoms with Crippen LogP contribution in [0.3, 0.4) is 0 Å². The van der Waals surface area contributed by atoms with Gasteiger partial charge >= 0.3 is 6.09 Å². The van der Waals surface area contributed by atoms with E-state index >= 15 is 0 Å². The van der Waals surface area contributed by atoms with Crippen molar-refractivity contribution in [3.05, 3.63) is 60.2 Å². The van der Waals surface area contributed by atoms with Gasteiger partial charge in [-0.25, -0.2) is 4.79 Å². The van der Waals surface area contributed by atoms with Crippen LogP contribution < -0.4 is 20.7 Å². The van der Waals surface area contributed by atoms with Crippen molar-refractivity contribution in [2.24, 2.45) is 0 Å². The molecule has 0 saturated carbocycles. The lowest BCUT2D eigenvalue weighted by atomic mass is 10.2. The smallest absolute Gasteiger partial charge is 0.408 e. The number of benzene rings is 2. The molecule has 3 N–H and O–H groups in total. The topological polar surface area (TPSA) is 106 Å². The third-order valence-electron chi connectivity index (χ3n) is 3.76. The molecule has 8 nitrogen and oxygen atoms in total. The van der Waals surface area contributed by atoms with E-state index in [2.05, 4.69) is 16.0 Å². The Hall–Kier alpha value is -3.81. The molecule has 2 aromatic carbocycles. The summed E-state index contributed by atoms with van der Waals surface area (Å²) in [6, 6.07) is 14.0. The van der Waals surface area contributed by atoms with Crippen LogP contribution in [0.25, 0.3) is 6.08 Å². The Morgan fingerprint density at radius 3 is 2.32 bits per heavy atom. The van der Waals surface area contributed by atoms with E-state index in [0.29, 0.717) is 17.1 Å². The lowest BCUT2D eigenvalue weighted by molar-refractivity contribution is -0.115. The van der Waals surface area contributed by atoms with Gasteiger partial charge in [-0.3, -0.25) is 9.59 Å². The monoisotopic (exact) mass is 425 g/mol. The van der Waals surface area contributed by atoms with E-state index in [-0.39, 0.29) is 12.5 Å². The molecule has 2 aromatic rings. The van der Waals surface area contributed by atoms with E-state index in [1.54, 1.807) is 64.3 Å². The van der Waals surface area contributed by atoms with Gasteiger partial charge in [-0.1, -0.05) is 24.3 Å². The Labute approximate surface area is 181 Å². The van der Waals surface area contributed by atoms with E-state index in [4.69, 9.17) is 9.47 Å². The summed E-state index contributed by atoms with van der Waals surface area (Å²) in [6.45, 7) is 4.96. The fourth-order valence-corrected chi connectivity index (χ4v) is 2.50. The summed E-state index contributed by atoms with van der Waals surface area (Å²) < 4.78 is 10.3. The number of ether oxygens (including phenoxy) is 2. The first-order chi connectivity index (χ1) is 14.7. The van der Waals surface area contributed by atoms with E-state index in [0.717, 1.165) is 5.56 Å². The largest absolute Gasteiger partial charge is 0.496 e. The molecule has 0 aliphatic rings. The van der Waals surface area contributed by atoms with Crippen molar-refractivity contribution in [1.82, 2.24) is 5.32 Å². The van der Waals surface area contributed by atoms with Gasteiger partial charge in [0.05, 0.1) is 7.11 Å². The molecular formula is C23H27N3O5. The fourth-order valence-electron chi connectivity index (χ4n) is 2.50. The molecule has 0 fully saturated rings. The van der Waals surface area contributed by atoms with Crippen molar-refractivity contribution in [2.75, 3.05) is 24.3 Å². The number of amides is 3. The minimum Gasteiger partial charge on any atom is -0.496 e. The van der Waals surface area contributed by atoms with Gasteiger partial charge < -0.3 is 25.4 Å². The van der Waals surface area contributed by atoms with Crippen LogP contribution in [0.4, 0.5) is 16.2 Å². The van der Waals surface area contributed by atoms with Crippen LogP contribution in [-0.2, 0) is 14.3 Å². The van der Waals surface area contributed by atoms with Gasteiger partial charge in [0.15, 0.2) is 0 Å². The molecule has 0 atom stereocenters. The van der Waals surface area contributed by atoms with Crippen LogP contribution in [0.2, 0.25) is 0 Å². The van der Waals surface area contributed by atoms with Gasteiger partial charge in [0.2, 0.25) is 11.8 Å². The Morgan fingerprint density at radius 1 is 0.968 bits per heavy atom. The average molecular weight is 425 g/mol. The van der Waals surface area contributed by atoms with Crippen LogP contribution >= 0.6 is 0 Å². The third kappa shape index (κ3) is 8.61. The lowest BCUT2D eigenvalue weighted by Gasteiger charge is -2.19. The number of para-hydroxylation sites is 1. The quantitative estimate of drug-likeness (QED) is 0.585. The highest BCUT2D eigenvalue weighted by atomic mass is 16.6. The number of alkyl carbamates (subject to hydrolysis) is 1. The van der Waals surface area contributed by atoms with E-state index in [1.165, 1.54) is 6.08 Å². The zero-order valence-corrected chi connectivity index (χ0v) is 18.0. The number of hydrogen-bond donors (Lipinski definition) is 3. The number of carbonyl (C=O) groups is 3. The second-order valence-corrected chi connectivity index (χ2v) is 7.55. The zero-order chi connectivity index (χ0) is 22.9. The molecular weight excluding hydrogens is 398 g/mol. The minimum atomic E-state index is -0.675. The lowest BCUT2D eigenvalue weighted by Crippen LogP contribution is -2.37. The molecule has 0 unspecified atom stereocenters. The molecule has 0 aliphatic heterocycles. The van der Waals surface area contributed by atoms with Gasteiger partial charge in [0, 0.05) is 23.0 Å². The Balaban J connectivity index is 1.89. The molecule has 0 spiro atoms. The third-order valence-corrected chi connectivity index (χ3v) is 3.76. The van der Waals surface area contributed by atoms with E-state index in [1.807, 2.05) is 18.2 Å². The number of carbonyl (C=O) groups excluding carboxylic acids is 3. The SMILES string of the molecule is COc1ccccc1/C=C/C(=O)Nc1cccc(NC(=O)CNC(=O)OC(C)(C)C)c1. The van der Waals surface area contributed by atoms with Crippen LogP contribution in [0.1, 0.15) is 26.3 Å². The predicted octanol–water partition coefficient (Wildman–Crippen LogP) is 3.81. The average Bonchev–Trinajstić information content (AvgIpc) is 2.70. The summed E-state index contributed by atoms with van der Waals surface area (Å²) >= 11 is 0. The Bertz CT molecular complexity index is 964. The van der Waals surface area contributed by atoms with Crippen LogP contribution in [0, 0.1) is 0 Å². The summed E-state index contributed by atoms with van der Waals surface area (Å²) in [5.74, 6) is -0.0948. The van der Waals surface area contributed by atoms with Crippen molar-refractivity contribution in [2.45, 2.75) is 26.4 Å². The van der Waals surface area contributed by atoms with Gasteiger partial charge in [-0.15, -0.1) is 0 Å². The van der Waals surface area contributed by atoms with Gasteiger partial charge in [-0.2, -0.15) is 0 Å². The van der Waals surface area contributed by atoms with Gasteiger partial charge in [0.25, 0.3) is 0 Å². The summed E-state index contributed by atoms with van der Waals surface area (Å²) in [7, 11) is 1.57. The second-order valence-electron chi connectivity index (χ2n) is 7.55. The number of methoxy groups -OCH3 is 1. The number of anilines is 2. The molecule has 8 heteroatoms. The number of nitrogens with one attached hydrogen (secondary N) is 3. The Morgan fingerprint density at radius 2 is 1.65 bits per heavy atom. The predicted molar refractivity (Wildman–Crippen MR) is 120 cm³/mol. The highest BCUT2D eigenvalue weighted by molar-refractivity contribution is 6.02. The second kappa shape index (κ2) is 10.8. The van der Waals surface area contributed by atoms with Crippen LogP contribution in [-0.4, -0.2) is 37.2 Å². The molecule has 0 saturated heterocycles. The van der Waals surface area contributed by atoms with E-state index in [9.17, 15) is 14.4 Å². The van der Waals surface area contributed by atoms with Crippen molar-refractivity contribution < 1.29 is 23.9 Å². The number of rotatable bonds is 7. The van der Waals surface area contributed by atoms with Crippen molar-refractivity contribution in [3.8, 4) is 5.75 Å². The molecule has 0 radical (unpaired) electrons. The molecule has 3 amide bonds. The van der Waals surface area contributed by atoms with Crippen LogP contribution in [0.15, 0.2) is 54.6 Å². The molecule has 31 heavy (non-hydrogen) atoms. The molecule has 0 bridgehead atoms. The van der Waals surface area contributed by atoms with E-state index < -0.39 is 17.6 Å². The molecule has 2 rings (SSSR count). The minimum absolute atomic E-state index is 0.243. The first-order valence-electron chi connectivity index (χ1n) is 9.65. The standard InChI is InChI=1S/C23H27N3O5/c1-23(2,3)31-22(29)24-15-21(28)26-18-10-7-9-17(14-18)25-20(27)13-12-16-8-5-6-11-19(16)30-4/h5-14H,15H2,1-4H3,(H,24,29)(H,25,27)(H,26,28)/b13-12+. The normalized spacial score (nSPS) is 11.0. The summed E-state index contributed by atoms with van der Waals surface area (Å²) in [5, 5.41) is 7.77. The summed E-state index contributed by atoms with van der Waals surface area (Å²) in [6.07, 6.45) is 2.38. The first kappa shape index (κ1) is 23.5. The zero-order valence-electron chi connectivity index (χ0n) is 18.0. The number of hydrogen-bond acceptors (Lipinski definition) is 5. The van der Waals surface area contributed by atoms with Crippen LogP contribution in [0.5, 0.6) is 5.75 Å². The maximum atomic E-state index is 12.2. The molecule has 0 heterocycles. The van der Waals surface area contributed by atoms with Crippen molar-refractivity contribution in [1.29, 1.82) is 0 Å². The van der Waals surface area contributed by atoms with Crippen molar-refractivity contribution in [3.63, 3.8) is 0 Å². The maximum absolute atomic E-state index is 12.2. The Kier molecular flexibility index (Phi) is 8.19. The summed E-state index contributed by atoms with van der Waals surface area (Å²) in [4.78, 5) is 35.9. The first-order valence-corrected chi connectivity index (χ1v) is 9.65. The fraction of sp³-hybridized carbons (Fsp3) is 0.261. The van der Waals surface area contributed by atoms with Gasteiger partial charge in [-0.05, 0) is 51.1 Å².